The molecule has 6 nitrogen and oxygen atoms in total. The van der Waals surface area contributed by atoms with Gasteiger partial charge in [0.25, 0.3) is 0 Å². The van der Waals surface area contributed by atoms with E-state index in [1.54, 1.807) is 13.2 Å². The van der Waals surface area contributed by atoms with Crippen LogP contribution in [0, 0.1) is 0 Å². The van der Waals surface area contributed by atoms with E-state index in [-0.39, 0.29) is 11.9 Å². The van der Waals surface area contributed by atoms with Gasteiger partial charge in [-0.25, -0.2) is 0 Å². The Kier molecular flexibility index (Phi) is 5.63. The summed E-state index contributed by atoms with van der Waals surface area (Å²) in [6, 6.07) is 14.5. The number of anilines is 2. The van der Waals surface area contributed by atoms with E-state index >= 15 is 0 Å². The standard InChI is InChI=1S/C20H25N3O3/c1-15(20(25)21-16-7-3-6-10-19(16)26-2)22-11-13-23(14-12-22)17-8-4-5-9-18(17)24/h3-10,15,24H,11-14H2,1-2H3,(H,21,25)/t15-/m0/s1. The minimum absolute atomic E-state index is 0.0505. The summed E-state index contributed by atoms with van der Waals surface area (Å²) >= 11 is 0. The molecule has 0 aliphatic carbocycles. The number of hydrogen-bond acceptors (Lipinski definition) is 5. The zero-order valence-electron chi connectivity index (χ0n) is 15.2. The van der Waals surface area contributed by atoms with Gasteiger partial charge in [-0.3, -0.25) is 9.69 Å². The number of rotatable bonds is 5. The minimum atomic E-state index is -0.244. The lowest BCUT2D eigenvalue weighted by atomic mass is 10.2. The van der Waals surface area contributed by atoms with Gasteiger partial charge in [0.15, 0.2) is 0 Å². The Labute approximate surface area is 154 Å². The molecule has 0 spiro atoms. The molecule has 2 aromatic carbocycles. The summed E-state index contributed by atoms with van der Waals surface area (Å²) in [5.41, 5.74) is 1.53. The van der Waals surface area contributed by atoms with Crippen molar-refractivity contribution in [3.8, 4) is 11.5 Å². The van der Waals surface area contributed by atoms with Crippen LogP contribution in [0.2, 0.25) is 0 Å². The van der Waals surface area contributed by atoms with Crippen LogP contribution in [-0.2, 0) is 4.79 Å². The Balaban J connectivity index is 1.59. The van der Waals surface area contributed by atoms with Crippen LogP contribution in [0.5, 0.6) is 11.5 Å². The van der Waals surface area contributed by atoms with Crippen LogP contribution in [0.3, 0.4) is 0 Å². The second-order valence-electron chi connectivity index (χ2n) is 6.38. The van der Waals surface area contributed by atoms with Gasteiger partial charge in [-0.15, -0.1) is 0 Å². The maximum absolute atomic E-state index is 12.6. The molecule has 0 aromatic heterocycles. The largest absolute Gasteiger partial charge is 0.506 e. The molecule has 2 aromatic rings. The zero-order valence-corrected chi connectivity index (χ0v) is 15.2. The van der Waals surface area contributed by atoms with E-state index in [9.17, 15) is 9.90 Å². The van der Waals surface area contributed by atoms with Crippen molar-refractivity contribution in [1.29, 1.82) is 0 Å². The Morgan fingerprint density at radius 3 is 2.42 bits per heavy atom. The molecule has 1 saturated heterocycles. The molecule has 0 radical (unpaired) electrons. The second-order valence-corrected chi connectivity index (χ2v) is 6.38. The fraction of sp³-hybridized carbons (Fsp3) is 0.350. The third kappa shape index (κ3) is 3.91. The van der Waals surface area contributed by atoms with E-state index < -0.39 is 0 Å². The molecule has 1 heterocycles. The van der Waals surface area contributed by atoms with E-state index in [0.717, 1.165) is 31.9 Å². The summed E-state index contributed by atoms with van der Waals surface area (Å²) in [6.07, 6.45) is 0. The van der Waals surface area contributed by atoms with Crippen LogP contribution in [0.4, 0.5) is 11.4 Å². The minimum Gasteiger partial charge on any atom is -0.506 e. The smallest absolute Gasteiger partial charge is 0.241 e. The molecular formula is C20H25N3O3. The van der Waals surface area contributed by atoms with Gasteiger partial charge >= 0.3 is 0 Å². The quantitative estimate of drug-likeness (QED) is 0.863. The average molecular weight is 355 g/mol. The van der Waals surface area contributed by atoms with Gasteiger partial charge in [-0.1, -0.05) is 24.3 Å². The Morgan fingerprint density at radius 1 is 1.08 bits per heavy atom. The molecule has 1 aliphatic rings. The lowest BCUT2D eigenvalue weighted by Crippen LogP contribution is -2.52. The van der Waals surface area contributed by atoms with Crippen molar-refractivity contribution in [2.24, 2.45) is 0 Å². The van der Waals surface area contributed by atoms with E-state index in [0.29, 0.717) is 17.2 Å². The highest BCUT2D eigenvalue weighted by Gasteiger charge is 2.26. The number of piperazine rings is 1. The molecule has 1 aliphatic heterocycles. The number of nitrogens with zero attached hydrogens (tertiary/aromatic N) is 2. The number of hydrogen-bond donors (Lipinski definition) is 2. The SMILES string of the molecule is COc1ccccc1NC(=O)[C@H](C)N1CCN(c2ccccc2O)CC1. The monoisotopic (exact) mass is 355 g/mol. The van der Waals surface area contributed by atoms with Crippen molar-refractivity contribution < 1.29 is 14.6 Å². The third-order valence-electron chi connectivity index (χ3n) is 4.83. The van der Waals surface area contributed by atoms with Crippen molar-refractivity contribution in [3.63, 3.8) is 0 Å². The number of benzene rings is 2. The number of phenols is 1. The summed E-state index contributed by atoms with van der Waals surface area (Å²) < 4.78 is 5.29. The topological polar surface area (TPSA) is 65.0 Å². The molecule has 3 rings (SSSR count). The molecule has 2 N–H and O–H groups in total. The molecule has 1 amide bonds. The molecule has 1 atom stereocenters. The van der Waals surface area contributed by atoms with Gasteiger partial charge in [-0.2, -0.15) is 0 Å². The molecule has 26 heavy (non-hydrogen) atoms. The van der Waals surface area contributed by atoms with Crippen molar-refractivity contribution >= 4 is 17.3 Å². The normalized spacial score (nSPS) is 16.2. The Bertz CT molecular complexity index is 757. The second kappa shape index (κ2) is 8.10. The number of phenolic OH excluding ortho intramolecular Hbond substituents is 1. The van der Waals surface area contributed by atoms with E-state index in [2.05, 4.69) is 15.1 Å². The lowest BCUT2D eigenvalue weighted by molar-refractivity contribution is -0.120. The summed E-state index contributed by atoms with van der Waals surface area (Å²) in [5, 5.41) is 13.0. The highest BCUT2D eigenvalue weighted by atomic mass is 16.5. The van der Waals surface area contributed by atoms with Gasteiger partial charge in [-0.05, 0) is 31.2 Å². The number of methoxy groups -OCH3 is 1. The highest BCUT2D eigenvalue weighted by molar-refractivity contribution is 5.95. The molecule has 0 unspecified atom stereocenters. The Morgan fingerprint density at radius 2 is 1.73 bits per heavy atom. The third-order valence-corrected chi connectivity index (χ3v) is 4.83. The lowest BCUT2D eigenvalue weighted by Gasteiger charge is -2.38. The number of aromatic hydroxyl groups is 1. The zero-order chi connectivity index (χ0) is 18.5. The first-order chi connectivity index (χ1) is 12.6. The van der Waals surface area contributed by atoms with Gasteiger partial charge in [0.05, 0.1) is 24.5 Å². The first-order valence-corrected chi connectivity index (χ1v) is 8.81. The fourth-order valence-electron chi connectivity index (χ4n) is 3.23. The number of carbonyl (C=O) groups excluding carboxylic acids is 1. The van der Waals surface area contributed by atoms with Crippen molar-refractivity contribution in [1.82, 2.24) is 4.90 Å². The number of nitrogens with one attached hydrogen (secondary N) is 1. The number of carbonyl (C=O) groups is 1. The van der Waals surface area contributed by atoms with E-state index in [4.69, 9.17) is 4.74 Å². The predicted molar refractivity (Wildman–Crippen MR) is 103 cm³/mol. The van der Waals surface area contributed by atoms with Crippen molar-refractivity contribution in [2.75, 3.05) is 43.5 Å². The fourth-order valence-corrected chi connectivity index (χ4v) is 3.23. The maximum atomic E-state index is 12.6. The van der Waals surface area contributed by atoms with E-state index in [1.165, 1.54) is 0 Å². The molecule has 138 valence electrons. The van der Waals surface area contributed by atoms with Gasteiger partial charge in [0.1, 0.15) is 11.5 Å². The summed E-state index contributed by atoms with van der Waals surface area (Å²) in [6.45, 7) is 4.97. The van der Waals surface area contributed by atoms with Gasteiger partial charge < -0.3 is 20.1 Å². The van der Waals surface area contributed by atoms with Crippen molar-refractivity contribution in [3.05, 3.63) is 48.5 Å². The van der Waals surface area contributed by atoms with E-state index in [1.807, 2.05) is 49.4 Å². The maximum Gasteiger partial charge on any atom is 0.241 e. The average Bonchev–Trinajstić information content (AvgIpc) is 2.68. The molecule has 0 bridgehead atoms. The summed E-state index contributed by atoms with van der Waals surface area (Å²) in [5.74, 6) is 0.894. The number of amides is 1. The Hall–Kier alpha value is -2.73. The van der Waals surface area contributed by atoms with Crippen LogP contribution in [0.15, 0.2) is 48.5 Å². The summed E-state index contributed by atoms with van der Waals surface area (Å²) in [4.78, 5) is 16.9. The number of ether oxygens (including phenoxy) is 1. The van der Waals surface area contributed by atoms with Crippen molar-refractivity contribution in [2.45, 2.75) is 13.0 Å². The highest BCUT2D eigenvalue weighted by Crippen LogP contribution is 2.28. The van der Waals surface area contributed by atoms with Gasteiger partial charge in [0.2, 0.25) is 5.91 Å². The predicted octanol–water partition coefficient (Wildman–Crippen LogP) is 2.55. The van der Waals surface area contributed by atoms with Crippen LogP contribution in [-0.4, -0.2) is 55.2 Å². The van der Waals surface area contributed by atoms with Gasteiger partial charge in [0, 0.05) is 26.2 Å². The molecule has 0 saturated carbocycles. The first kappa shape index (κ1) is 18.1. The first-order valence-electron chi connectivity index (χ1n) is 8.81. The van der Waals surface area contributed by atoms with Crippen LogP contribution >= 0.6 is 0 Å². The molecule has 6 heteroatoms. The molecular weight excluding hydrogens is 330 g/mol. The van der Waals surface area contributed by atoms with Crippen LogP contribution < -0.4 is 15.0 Å². The van der Waals surface area contributed by atoms with Crippen LogP contribution in [0.1, 0.15) is 6.92 Å². The summed E-state index contributed by atoms with van der Waals surface area (Å²) in [7, 11) is 1.59. The number of para-hydroxylation sites is 4. The molecule has 1 fully saturated rings. The van der Waals surface area contributed by atoms with Crippen LogP contribution in [0.25, 0.3) is 0 Å².